The molecule has 0 saturated heterocycles. The first kappa shape index (κ1) is 21.9. The molecular formula is C24H27N7O3. The summed E-state index contributed by atoms with van der Waals surface area (Å²) in [6.45, 7) is 5.56. The number of ether oxygens (including phenoxy) is 2. The van der Waals surface area contributed by atoms with Crippen molar-refractivity contribution in [3.8, 4) is 17.0 Å². The number of nitrogens with one attached hydrogen (secondary N) is 2. The van der Waals surface area contributed by atoms with Gasteiger partial charge in [0.25, 0.3) is 0 Å². The highest BCUT2D eigenvalue weighted by molar-refractivity contribution is 5.93. The molecule has 1 aromatic carbocycles. The van der Waals surface area contributed by atoms with Gasteiger partial charge in [0.05, 0.1) is 47.6 Å². The normalized spacial score (nSPS) is 13.7. The quantitative estimate of drug-likeness (QED) is 0.485. The number of carbonyl (C=O) groups is 1. The number of aromatic amines is 1. The summed E-state index contributed by atoms with van der Waals surface area (Å²) in [6.07, 6.45) is 5.80. The van der Waals surface area contributed by atoms with Gasteiger partial charge in [-0.2, -0.15) is 15.3 Å². The summed E-state index contributed by atoms with van der Waals surface area (Å²) in [7, 11) is 1.85. The summed E-state index contributed by atoms with van der Waals surface area (Å²) in [6, 6.07) is 6.09. The van der Waals surface area contributed by atoms with Gasteiger partial charge in [0.2, 0.25) is 11.8 Å². The molecule has 0 aliphatic carbocycles. The second kappa shape index (κ2) is 9.14. The molecule has 0 fully saturated rings. The monoisotopic (exact) mass is 461 g/mol. The van der Waals surface area contributed by atoms with Gasteiger partial charge >= 0.3 is 0 Å². The molecule has 0 spiro atoms. The number of benzene rings is 1. The van der Waals surface area contributed by atoms with Crippen molar-refractivity contribution in [1.82, 2.24) is 35.1 Å². The average Bonchev–Trinajstić information content (AvgIpc) is 3.47. The van der Waals surface area contributed by atoms with Gasteiger partial charge < -0.3 is 14.8 Å². The number of carbonyl (C=O) groups excluding carboxylic acids is 1. The number of hydrogen-bond donors (Lipinski definition) is 2. The van der Waals surface area contributed by atoms with Gasteiger partial charge in [-0.1, -0.05) is 6.07 Å². The van der Waals surface area contributed by atoms with E-state index in [-0.39, 0.29) is 12.5 Å². The van der Waals surface area contributed by atoms with Crippen LogP contribution in [0, 0.1) is 6.92 Å². The van der Waals surface area contributed by atoms with E-state index in [1.165, 1.54) is 0 Å². The predicted molar refractivity (Wildman–Crippen MR) is 128 cm³/mol. The van der Waals surface area contributed by atoms with Crippen molar-refractivity contribution in [1.29, 1.82) is 0 Å². The molecule has 3 aromatic heterocycles. The fourth-order valence-corrected chi connectivity index (χ4v) is 4.18. The highest BCUT2D eigenvalue weighted by atomic mass is 16.5. The smallest absolute Gasteiger partial charge is 0.241 e. The second-order valence-corrected chi connectivity index (χ2v) is 8.15. The van der Waals surface area contributed by atoms with Crippen LogP contribution in [0.1, 0.15) is 29.6 Å². The SMILES string of the molecule is CCNC(=O)Cn1nc(C)c2c1COCCOc1c(cnn1C)-c1ccc3n[nH]c(c3c1)C=C2. The Morgan fingerprint density at radius 2 is 2.15 bits per heavy atom. The molecule has 1 amide bonds. The lowest BCUT2D eigenvalue weighted by molar-refractivity contribution is -0.121. The van der Waals surface area contributed by atoms with Gasteiger partial charge in [-0.3, -0.25) is 14.6 Å². The number of rotatable bonds is 3. The number of nitrogens with zero attached hydrogens (tertiary/aromatic N) is 5. The van der Waals surface area contributed by atoms with Crippen LogP contribution in [0.25, 0.3) is 34.2 Å². The Morgan fingerprint density at radius 1 is 1.26 bits per heavy atom. The van der Waals surface area contributed by atoms with Crippen LogP contribution < -0.4 is 10.1 Å². The van der Waals surface area contributed by atoms with Crippen LogP contribution in [0.2, 0.25) is 0 Å². The Morgan fingerprint density at radius 3 is 3.00 bits per heavy atom. The van der Waals surface area contributed by atoms with E-state index in [1.807, 2.05) is 45.2 Å². The highest BCUT2D eigenvalue weighted by Gasteiger charge is 2.18. The molecule has 5 rings (SSSR count). The lowest BCUT2D eigenvalue weighted by Gasteiger charge is -2.11. The minimum atomic E-state index is -0.0909. The standard InChI is InChI=1S/C24H27N7O3/c1-4-25-23(32)13-31-22-14-33-9-10-34-24-19(12-26-30(24)3)16-5-7-20-18(11-16)21(28-27-20)8-6-17(22)15(2)29-31/h5-8,11-12H,4,9-10,13-14H2,1-3H3,(H,25,32)(H,27,28). The topological polar surface area (TPSA) is 112 Å². The molecule has 2 N–H and O–H groups in total. The zero-order valence-corrected chi connectivity index (χ0v) is 19.5. The molecule has 0 saturated carbocycles. The number of aryl methyl sites for hydroxylation is 2. The highest BCUT2D eigenvalue weighted by Crippen LogP contribution is 2.32. The first-order valence-electron chi connectivity index (χ1n) is 11.3. The molecule has 34 heavy (non-hydrogen) atoms. The van der Waals surface area contributed by atoms with Gasteiger partial charge in [0, 0.05) is 24.5 Å². The molecular weight excluding hydrogens is 434 g/mol. The summed E-state index contributed by atoms with van der Waals surface area (Å²) >= 11 is 0. The van der Waals surface area contributed by atoms with Gasteiger partial charge in [-0.05, 0) is 43.7 Å². The molecule has 4 aromatic rings. The van der Waals surface area contributed by atoms with Crippen LogP contribution in [-0.4, -0.2) is 55.4 Å². The molecule has 0 radical (unpaired) electrons. The second-order valence-electron chi connectivity index (χ2n) is 8.15. The fourth-order valence-electron chi connectivity index (χ4n) is 4.18. The van der Waals surface area contributed by atoms with E-state index in [4.69, 9.17) is 9.47 Å². The van der Waals surface area contributed by atoms with E-state index in [2.05, 4.69) is 31.8 Å². The van der Waals surface area contributed by atoms with Crippen molar-refractivity contribution in [3.05, 3.63) is 47.0 Å². The van der Waals surface area contributed by atoms with E-state index in [0.29, 0.717) is 32.2 Å². The fraction of sp³-hybridized carbons (Fsp3) is 0.333. The maximum Gasteiger partial charge on any atom is 0.241 e. The summed E-state index contributed by atoms with van der Waals surface area (Å²) < 4.78 is 15.4. The van der Waals surface area contributed by atoms with Crippen LogP contribution in [0.3, 0.4) is 0 Å². The Balaban J connectivity index is 1.59. The third-order valence-electron chi connectivity index (χ3n) is 5.85. The van der Waals surface area contributed by atoms with E-state index in [0.717, 1.165) is 44.7 Å². The number of hydrogen-bond acceptors (Lipinski definition) is 6. The summed E-state index contributed by atoms with van der Waals surface area (Å²) in [4.78, 5) is 12.2. The van der Waals surface area contributed by atoms with Crippen LogP contribution >= 0.6 is 0 Å². The molecule has 0 unspecified atom stereocenters. The lowest BCUT2D eigenvalue weighted by atomic mass is 10.0. The number of likely N-dealkylation sites (N-methyl/N-ethyl adjacent to an activating group) is 1. The lowest BCUT2D eigenvalue weighted by Crippen LogP contribution is -2.28. The summed E-state index contributed by atoms with van der Waals surface area (Å²) in [5.41, 5.74) is 6.23. The van der Waals surface area contributed by atoms with Crippen LogP contribution in [0.4, 0.5) is 0 Å². The molecule has 2 bridgehead atoms. The first-order valence-corrected chi connectivity index (χ1v) is 11.3. The zero-order chi connectivity index (χ0) is 23.7. The van der Waals surface area contributed by atoms with Gasteiger partial charge in [0.15, 0.2) is 0 Å². The number of H-pyrrole nitrogens is 1. The van der Waals surface area contributed by atoms with Gasteiger partial charge in [0.1, 0.15) is 13.2 Å². The molecule has 0 atom stereocenters. The number of amides is 1. The average molecular weight is 462 g/mol. The van der Waals surface area contributed by atoms with Gasteiger partial charge in [-0.15, -0.1) is 0 Å². The summed E-state index contributed by atoms with van der Waals surface area (Å²) in [5.74, 6) is 0.586. The first-order chi connectivity index (χ1) is 16.5. The van der Waals surface area contributed by atoms with Crippen LogP contribution in [-0.2, 0) is 29.7 Å². The maximum absolute atomic E-state index is 12.2. The largest absolute Gasteiger partial charge is 0.475 e. The van der Waals surface area contributed by atoms with Crippen molar-refractivity contribution >= 4 is 29.0 Å². The van der Waals surface area contributed by atoms with Crippen LogP contribution in [0.15, 0.2) is 24.4 Å². The molecule has 10 nitrogen and oxygen atoms in total. The van der Waals surface area contributed by atoms with Gasteiger partial charge in [-0.25, -0.2) is 4.68 Å². The molecule has 1 aliphatic rings. The van der Waals surface area contributed by atoms with Crippen molar-refractivity contribution in [2.75, 3.05) is 19.8 Å². The Labute approximate surface area is 196 Å². The Hall–Kier alpha value is -3.92. The summed E-state index contributed by atoms with van der Waals surface area (Å²) in [5, 5.41) is 20.4. The Kier molecular flexibility index (Phi) is 5.89. The number of fused-ring (bicyclic) bond motifs is 4. The molecule has 1 aliphatic heterocycles. The zero-order valence-electron chi connectivity index (χ0n) is 19.5. The van der Waals surface area contributed by atoms with Crippen molar-refractivity contribution in [2.24, 2.45) is 7.05 Å². The van der Waals surface area contributed by atoms with E-state index >= 15 is 0 Å². The van der Waals surface area contributed by atoms with Crippen molar-refractivity contribution in [3.63, 3.8) is 0 Å². The molecule has 176 valence electrons. The molecule has 10 heteroatoms. The van der Waals surface area contributed by atoms with Crippen molar-refractivity contribution < 1.29 is 14.3 Å². The minimum Gasteiger partial charge on any atom is -0.475 e. The van der Waals surface area contributed by atoms with E-state index in [9.17, 15) is 4.79 Å². The third-order valence-corrected chi connectivity index (χ3v) is 5.85. The van der Waals surface area contributed by atoms with E-state index in [1.54, 1.807) is 15.6 Å². The van der Waals surface area contributed by atoms with Crippen LogP contribution in [0.5, 0.6) is 5.88 Å². The van der Waals surface area contributed by atoms with Crippen molar-refractivity contribution in [2.45, 2.75) is 27.0 Å². The minimum absolute atomic E-state index is 0.0909. The predicted octanol–water partition coefficient (Wildman–Crippen LogP) is 2.68. The molecule has 4 heterocycles. The third kappa shape index (κ3) is 4.08. The number of aromatic nitrogens is 6. The maximum atomic E-state index is 12.2. The van der Waals surface area contributed by atoms with E-state index < -0.39 is 0 Å². The Bertz CT molecular complexity index is 1380.